The monoisotopic (exact) mass is 445 g/mol. The smallest absolute Gasteiger partial charge is 0.332 e. The molecule has 0 unspecified atom stereocenters. The minimum Gasteiger partial charge on any atom is -0.394 e. The van der Waals surface area contributed by atoms with Gasteiger partial charge in [0.25, 0.3) is 5.56 Å². The van der Waals surface area contributed by atoms with E-state index in [9.17, 15) is 9.59 Å². The van der Waals surface area contributed by atoms with Crippen LogP contribution in [-0.2, 0) is 24.9 Å². The minimum absolute atomic E-state index is 0.0400. The standard InChI is InChI=1S/C21H24ClN5O4/c1-13-14(2)27-17-18(23-20(27)25(13)8-10-31-11-9-28)24(3)21(30)26(19(17)29)12-15-4-6-16(22)7-5-15/h4-7,28H,8-12H2,1-3H3. The number of hydrogen-bond donors (Lipinski definition) is 1. The van der Waals surface area contributed by atoms with Crippen LogP contribution in [0.2, 0.25) is 5.02 Å². The van der Waals surface area contributed by atoms with Crippen LogP contribution in [0.3, 0.4) is 0 Å². The number of ether oxygens (including phenoxy) is 1. The molecule has 3 aromatic heterocycles. The second-order valence-corrected chi connectivity index (χ2v) is 7.87. The highest BCUT2D eigenvalue weighted by molar-refractivity contribution is 6.30. The third-order valence-electron chi connectivity index (χ3n) is 5.58. The second-order valence-electron chi connectivity index (χ2n) is 7.44. The number of aryl methyl sites for hydroxylation is 2. The van der Waals surface area contributed by atoms with Crippen LogP contribution in [0, 0.1) is 13.8 Å². The van der Waals surface area contributed by atoms with Gasteiger partial charge < -0.3 is 14.4 Å². The Hall–Kier alpha value is -2.88. The second kappa shape index (κ2) is 8.33. The SMILES string of the molecule is Cc1c(C)n2c3c(=O)n(Cc4ccc(Cl)cc4)c(=O)n(C)c3nc2n1CCOCCO. The summed E-state index contributed by atoms with van der Waals surface area (Å²) in [6.07, 6.45) is 0. The number of nitrogens with zero attached hydrogens (tertiary/aromatic N) is 5. The van der Waals surface area contributed by atoms with Gasteiger partial charge in [0.2, 0.25) is 5.78 Å². The Morgan fingerprint density at radius 3 is 2.45 bits per heavy atom. The molecule has 0 atom stereocenters. The number of benzene rings is 1. The summed E-state index contributed by atoms with van der Waals surface area (Å²) < 4.78 is 11.8. The number of aliphatic hydroxyl groups is 1. The average molecular weight is 446 g/mol. The highest BCUT2D eigenvalue weighted by atomic mass is 35.5. The topological polar surface area (TPSA) is 95.7 Å². The number of aromatic nitrogens is 5. The Labute approximate surface area is 182 Å². The Bertz CT molecular complexity index is 1380. The van der Waals surface area contributed by atoms with E-state index in [1.165, 1.54) is 9.13 Å². The first-order valence-electron chi connectivity index (χ1n) is 9.96. The first-order valence-corrected chi connectivity index (χ1v) is 10.3. The van der Waals surface area contributed by atoms with Gasteiger partial charge >= 0.3 is 5.69 Å². The van der Waals surface area contributed by atoms with E-state index in [2.05, 4.69) is 4.98 Å². The van der Waals surface area contributed by atoms with Gasteiger partial charge in [0.05, 0.1) is 26.4 Å². The Kier molecular flexibility index (Phi) is 5.74. The number of halogens is 1. The van der Waals surface area contributed by atoms with Crippen LogP contribution in [0.4, 0.5) is 0 Å². The van der Waals surface area contributed by atoms with Crippen LogP contribution >= 0.6 is 11.6 Å². The van der Waals surface area contributed by atoms with Crippen LogP contribution in [0.1, 0.15) is 17.0 Å². The number of hydrogen-bond acceptors (Lipinski definition) is 5. The van der Waals surface area contributed by atoms with E-state index in [1.807, 2.05) is 18.4 Å². The summed E-state index contributed by atoms with van der Waals surface area (Å²) in [5.41, 5.74) is 2.50. The van der Waals surface area contributed by atoms with Gasteiger partial charge in [0.1, 0.15) is 0 Å². The highest BCUT2D eigenvalue weighted by Crippen LogP contribution is 2.20. The summed E-state index contributed by atoms with van der Waals surface area (Å²) in [4.78, 5) is 31.0. The summed E-state index contributed by atoms with van der Waals surface area (Å²) >= 11 is 5.95. The molecule has 0 aliphatic carbocycles. The van der Waals surface area contributed by atoms with Gasteiger partial charge in [-0.15, -0.1) is 0 Å². The predicted molar refractivity (Wildman–Crippen MR) is 118 cm³/mol. The third kappa shape index (κ3) is 3.58. The lowest BCUT2D eigenvalue weighted by Gasteiger charge is -2.09. The molecule has 4 rings (SSSR count). The van der Waals surface area contributed by atoms with E-state index < -0.39 is 11.2 Å². The molecule has 0 aliphatic rings. The van der Waals surface area contributed by atoms with E-state index >= 15 is 0 Å². The lowest BCUT2D eigenvalue weighted by atomic mass is 10.2. The van der Waals surface area contributed by atoms with Crippen LogP contribution in [0.25, 0.3) is 16.9 Å². The molecule has 0 bridgehead atoms. The molecule has 9 nitrogen and oxygen atoms in total. The zero-order valence-corrected chi connectivity index (χ0v) is 18.4. The molecule has 31 heavy (non-hydrogen) atoms. The van der Waals surface area contributed by atoms with Crippen molar-refractivity contribution in [1.82, 2.24) is 23.1 Å². The number of imidazole rings is 2. The first-order chi connectivity index (χ1) is 14.8. The van der Waals surface area contributed by atoms with Crippen molar-refractivity contribution in [3.8, 4) is 0 Å². The summed E-state index contributed by atoms with van der Waals surface area (Å²) in [6, 6.07) is 7.05. The number of rotatable bonds is 7. The lowest BCUT2D eigenvalue weighted by molar-refractivity contribution is 0.0872. The van der Waals surface area contributed by atoms with Crippen LogP contribution in [0.15, 0.2) is 33.9 Å². The predicted octanol–water partition coefficient (Wildman–Crippen LogP) is 1.48. The lowest BCUT2D eigenvalue weighted by Crippen LogP contribution is -2.39. The van der Waals surface area contributed by atoms with Crippen LogP contribution in [0.5, 0.6) is 0 Å². The molecule has 1 N–H and O–H groups in total. The Morgan fingerprint density at radius 2 is 1.77 bits per heavy atom. The molecular formula is C21H24ClN5O4. The van der Waals surface area contributed by atoms with Crippen molar-refractivity contribution in [2.75, 3.05) is 19.8 Å². The molecule has 0 radical (unpaired) electrons. The average Bonchev–Trinajstić information content (AvgIpc) is 3.25. The van der Waals surface area contributed by atoms with Gasteiger partial charge in [-0.2, -0.15) is 4.98 Å². The van der Waals surface area contributed by atoms with E-state index in [0.29, 0.717) is 35.1 Å². The van der Waals surface area contributed by atoms with E-state index in [-0.39, 0.29) is 19.8 Å². The summed E-state index contributed by atoms with van der Waals surface area (Å²) in [5, 5.41) is 9.49. The zero-order chi connectivity index (χ0) is 22.3. The molecule has 3 heterocycles. The van der Waals surface area contributed by atoms with E-state index in [1.54, 1.807) is 35.7 Å². The zero-order valence-electron chi connectivity index (χ0n) is 17.6. The number of aliphatic hydroxyl groups excluding tert-OH is 1. The molecule has 1 aromatic carbocycles. The molecule has 0 saturated heterocycles. The molecule has 164 valence electrons. The van der Waals surface area contributed by atoms with E-state index in [4.69, 9.17) is 21.4 Å². The van der Waals surface area contributed by atoms with Crippen molar-refractivity contribution in [3.63, 3.8) is 0 Å². The van der Waals surface area contributed by atoms with Crippen molar-refractivity contribution in [3.05, 3.63) is 67.1 Å². The van der Waals surface area contributed by atoms with Gasteiger partial charge in [0, 0.05) is 30.0 Å². The minimum atomic E-state index is -0.430. The maximum atomic E-state index is 13.4. The summed E-state index contributed by atoms with van der Waals surface area (Å²) in [6.45, 7) is 5.14. The highest BCUT2D eigenvalue weighted by Gasteiger charge is 2.22. The summed E-state index contributed by atoms with van der Waals surface area (Å²) in [7, 11) is 1.62. The fraction of sp³-hybridized carbons (Fsp3) is 0.381. The van der Waals surface area contributed by atoms with Crippen molar-refractivity contribution < 1.29 is 9.84 Å². The number of fused-ring (bicyclic) bond motifs is 3. The fourth-order valence-corrected chi connectivity index (χ4v) is 3.94. The third-order valence-corrected chi connectivity index (χ3v) is 5.83. The molecule has 10 heteroatoms. The Morgan fingerprint density at radius 1 is 1.06 bits per heavy atom. The quantitative estimate of drug-likeness (QED) is 0.435. The Balaban J connectivity index is 1.89. The van der Waals surface area contributed by atoms with Crippen molar-refractivity contribution in [2.24, 2.45) is 7.05 Å². The van der Waals surface area contributed by atoms with Gasteiger partial charge in [-0.05, 0) is 31.5 Å². The fourth-order valence-electron chi connectivity index (χ4n) is 3.82. The first kappa shape index (κ1) is 21.4. The van der Waals surface area contributed by atoms with Gasteiger partial charge in [-0.1, -0.05) is 23.7 Å². The van der Waals surface area contributed by atoms with Crippen LogP contribution in [-0.4, -0.2) is 48.0 Å². The molecule has 0 amide bonds. The maximum absolute atomic E-state index is 13.4. The molecule has 0 aliphatic heterocycles. The normalized spacial score (nSPS) is 11.8. The van der Waals surface area contributed by atoms with Gasteiger partial charge in [0.15, 0.2) is 11.2 Å². The maximum Gasteiger partial charge on any atom is 0.332 e. The molecule has 4 aromatic rings. The van der Waals surface area contributed by atoms with Crippen molar-refractivity contribution >= 4 is 28.5 Å². The molecule has 0 fully saturated rings. The van der Waals surface area contributed by atoms with Gasteiger partial charge in [-0.25, -0.2) is 4.79 Å². The van der Waals surface area contributed by atoms with Crippen LogP contribution < -0.4 is 11.2 Å². The summed E-state index contributed by atoms with van der Waals surface area (Å²) in [5.74, 6) is 0.578. The van der Waals surface area contributed by atoms with Gasteiger partial charge in [-0.3, -0.25) is 18.3 Å². The van der Waals surface area contributed by atoms with E-state index in [0.717, 1.165) is 17.0 Å². The molecule has 0 saturated carbocycles. The van der Waals surface area contributed by atoms with Crippen molar-refractivity contribution in [1.29, 1.82) is 0 Å². The van der Waals surface area contributed by atoms with Crippen molar-refractivity contribution in [2.45, 2.75) is 26.9 Å². The molecular weight excluding hydrogens is 422 g/mol. The largest absolute Gasteiger partial charge is 0.394 e. The molecule has 0 spiro atoms.